The van der Waals surface area contributed by atoms with Crippen LogP contribution in [0.3, 0.4) is 0 Å². The van der Waals surface area contributed by atoms with E-state index < -0.39 is 23.7 Å². The molecule has 0 saturated carbocycles. The van der Waals surface area contributed by atoms with E-state index in [-0.39, 0.29) is 30.3 Å². The summed E-state index contributed by atoms with van der Waals surface area (Å²) in [6, 6.07) is 10.6. The number of ether oxygens (including phenoxy) is 3. The molecule has 0 N–H and O–H groups in total. The first-order valence-electron chi connectivity index (χ1n) is 12.2. The highest BCUT2D eigenvalue weighted by Crippen LogP contribution is 2.29. The third-order valence-electron chi connectivity index (χ3n) is 6.28. The topological polar surface area (TPSA) is 27.7 Å². The van der Waals surface area contributed by atoms with Gasteiger partial charge in [0.25, 0.3) is 0 Å². The molecule has 3 aromatic rings. The van der Waals surface area contributed by atoms with E-state index in [1.54, 1.807) is 24.3 Å². The molecule has 1 heterocycles. The van der Waals surface area contributed by atoms with Gasteiger partial charge in [0, 0.05) is 17.6 Å². The van der Waals surface area contributed by atoms with Gasteiger partial charge in [0.1, 0.15) is 11.9 Å². The van der Waals surface area contributed by atoms with Gasteiger partial charge in [-0.3, -0.25) is 0 Å². The van der Waals surface area contributed by atoms with Crippen molar-refractivity contribution in [1.29, 1.82) is 0 Å². The molecule has 0 aromatic heterocycles. The second kappa shape index (κ2) is 12.0. The molecule has 35 heavy (non-hydrogen) atoms. The lowest BCUT2D eigenvalue weighted by atomic mass is 9.98. The van der Waals surface area contributed by atoms with E-state index in [0.717, 1.165) is 30.5 Å². The molecule has 0 amide bonds. The van der Waals surface area contributed by atoms with Crippen LogP contribution in [-0.2, 0) is 27.1 Å². The van der Waals surface area contributed by atoms with Gasteiger partial charge >= 0.3 is 0 Å². The lowest BCUT2D eigenvalue weighted by molar-refractivity contribution is -0.230. The standard InChI is InChI=1S/C28H30F4O3/c1-2-3-4-5-12-33-22-16-34-28(35-17-22)21-10-11-23-20(15-21)9-8-19(26(23)31)7-6-18-13-24(29)27(32)25(30)14-18/h8-11,13-15,22,28H,2-7,12,16-17H2,1H3. The zero-order valence-electron chi connectivity index (χ0n) is 19.8. The highest BCUT2D eigenvalue weighted by molar-refractivity contribution is 5.84. The van der Waals surface area contributed by atoms with Crippen molar-refractivity contribution in [3.8, 4) is 0 Å². The van der Waals surface area contributed by atoms with Gasteiger partial charge in [-0.05, 0) is 54.0 Å². The first kappa shape index (κ1) is 25.6. The Morgan fingerprint density at radius 2 is 1.57 bits per heavy atom. The molecule has 3 aromatic carbocycles. The largest absolute Gasteiger partial charge is 0.373 e. The Hall–Kier alpha value is -2.48. The van der Waals surface area contributed by atoms with Crippen molar-refractivity contribution in [2.45, 2.75) is 57.8 Å². The van der Waals surface area contributed by atoms with Gasteiger partial charge in [0.05, 0.1) is 13.2 Å². The van der Waals surface area contributed by atoms with Crippen molar-refractivity contribution in [1.82, 2.24) is 0 Å². The van der Waals surface area contributed by atoms with Gasteiger partial charge in [-0.15, -0.1) is 0 Å². The molecule has 3 nitrogen and oxygen atoms in total. The SMILES string of the molecule is CCCCCCOC1COC(c2ccc3c(F)c(CCc4cc(F)c(F)c(F)c4)ccc3c2)OC1. The van der Waals surface area contributed by atoms with Gasteiger partial charge in [-0.1, -0.05) is 50.5 Å². The molecule has 0 spiro atoms. The summed E-state index contributed by atoms with van der Waals surface area (Å²) in [5, 5.41) is 1.14. The van der Waals surface area contributed by atoms with Gasteiger partial charge in [-0.25, -0.2) is 17.6 Å². The Labute approximate surface area is 203 Å². The smallest absolute Gasteiger partial charge is 0.194 e. The van der Waals surface area contributed by atoms with Crippen molar-refractivity contribution in [3.05, 3.63) is 82.4 Å². The molecule has 0 aliphatic carbocycles. The van der Waals surface area contributed by atoms with Crippen LogP contribution in [0.25, 0.3) is 10.8 Å². The lowest BCUT2D eigenvalue weighted by Crippen LogP contribution is -2.33. The molecule has 1 aliphatic rings. The molecule has 0 bridgehead atoms. The summed E-state index contributed by atoms with van der Waals surface area (Å²) in [6.45, 7) is 3.75. The fourth-order valence-corrected chi connectivity index (χ4v) is 4.28. The number of rotatable bonds is 10. The average Bonchev–Trinajstić information content (AvgIpc) is 2.87. The van der Waals surface area contributed by atoms with Crippen LogP contribution in [0.15, 0.2) is 42.5 Å². The predicted octanol–water partition coefficient (Wildman–Crippen LogP) is 7.19. The van der Waals surface area contributed by atoms with E-state index in [9.17, 15) is 13.2 Å². The van der Waals surface area contributed by atoms with Crippen LogP contribution in [0.2, 0.25) is 0 Å². The Bertz CT molecular complexity index is 1120. The van der Waals surface area contributed by atoms with Crippen LogP contribution in [0.5, 0.6) is 0 Å². The number of benzene rings is 3. The van der Waals surface area contributed by atoms with Gasteiger partial charge in [-0.2, -0.15) is 0 Å². The van der Waals surface area contributed by atoms with E-state index in [0.29, 0.717) is 36.2 Å². The third-order valence-corrected chi connectivity index (χ3v) is 6.28. The summed E-state index contributed by atoms with van der Waals surface area (Å²) in [5.41, 5.74) is 1.48. The van der Waals surface area contributed by atoms with E-state index in [4.69, 9.17) is 14.2 Å². The van der Waals surface area contributed by atoms with Crippen molar-refractivity contribution in [3.63, 3.8) is 0 Å². The maximum absolute atomic E-state index is 15.1. The van der Waals surface area contributed by atoms with E-state index >= 15 is 4.39 Å². The number of unbranched alkanes of at least 4 members (excludes halogenated alkanes) is 3. The maximum Gasteiger partial charge on any atom is 0.194 e. The van der Waals surface area contributed by atoms with Crippen LogP contribution in [0.1, 0.15) is 55.6 Å². The summed E-state index contributed by atoms with van der Waals surface area (Å²) in [7, 11) is 0. The Morgan fingerprint density at radius 1 is 0.829 bits per heavy atom. The predicted molar refractivity (Wildman–Crippen MR) is 126 cm³/mol. The number of hydrogen-bond acceptors (Lipinski definition) is 3. The van der Waals surface area contributed by atoms with E-state index in [1.807, 2.05) is 6.07 Å². The maximum atomic E-state index is 15.1. The van der Waals surface area contributed by atoms with Crippen LogP contribution in [0.4, 0.5) is 17.6 Å². The van der Waals surface area contributed by atoms with Crippen molar-refractivity contribution >= 4 is 10.8 Å². The molecule has 4 rings (SSSR count). The monoisotopic (exact) mass is 490 g/mol. The Balaban J connectivity index is 1.36. The minimum Gasteiger partial charge on any atom is -0.373 e. The molecule has 0 unspecified atom stereocenters. The zero-order valence-corrected chi connectivity index (χ0v) is 19.8. The highest BCUT2D eigenvalue weighted by Gasteiger charge is 2.24. The number of fused-ring (bicyclic) bond motifs is 1. The van der Waals surface area contributed by atoms with Gasteiger partial charge in [0.15, 0.2) is 23.7 Å². The molecule has 0 atom stereocenters. The minimum atomic E-state index is -1.50. The molecule has 7 heteroatoms. The van der Waals surface area contributed by atoms with Crippen molar-refractivity contribution in [2.75, 3.05) is 19.8 Å². The van der Waals surface area contributed by atoms with Crippen LogP contribution < -0.4 is 0 Å². The summed E-state index contributed by atoms with van der Waals surface area (Å²) in [4.78, 5) is 0. The molecule has 1 fully saturated rings. The fourth-order valence-electron chi connectivity index (χ4n) is 4.28. The molecule has 188 valence electrons. The normalized spacial score (nSPS) is 18.3. The summed E-state index contributed by atoms with van der Waals surface area (Å²) in [5.74, 6) is -4.39. The summed E-state index contributed by atoms with van der Waals surface area (Å²) >= 11 is 0. The number of hydrogen-bond donors (Lipinski definition) is 0. The van der Waals surface area contributed by atoms with Crippen molar-refractivity contribution in [2.24, 2.45) is 0 Å². The second-order valence-corrected chi connectivity index (χ2v) is 8.94. The number of aryl methyl sites for hydroxylation is 2. The third kappa shape index (κ3) is 6.40. The molecule has 0 radical (unpaired) electrons. The van der Waals surface area contributed by atoms with Crippen LogP contribution in [0, 0.1) is 23.3 Å². The quantitative estimate of drug-likeness (QED) is 0.171. The highest BCUT2D eigenvalue weighted by atomic mass is 19.2. The first-order valence-corrected chi connectivity index (χ1v) is 12.2. The van der Waals surface area contributed by atoms with Gasteiger partial charge < -0.3 is 14.2 Å². The Kier molecular flexibility index (Phi) is 8.76. The molecule has 1 aliphatic heterocycles. The summed E-state index contributed by atoms with van der Waals surface area (Å²) < 4.78 is 72.7. The Morgan fingerprint density at radius 3 is 2.29 bits per heavy atom. The van der Waals surface area contributed by atoms with E-state index in [2.05, 4.69) is 6.92 Å². The van der Waals surface area contributed by atoms with Crippen LogP contribution >= 0.6 is 0 Å². The fraction of sp³-hybridized carbons (Fsp3) is 0.429. The molecular weight excluding hydrogens is 460 g/mol. The lowest BCUT2D eigenvalue weighted by Gasteiger charge is -2.29. The average molecular weight is 491 g/mol. The van der Waals surface area contributed by atoms with Gasteiger partial charge in [0.2, 0.25) is 0 Å². The number of halogens is 4. The minimum absolute atomic E-state index is 0.0867. The summed E-state index contributed by atoms with van der Waals surface area (Å²) in [6.07, 6.45) is 4.37. The zero-order chi connectivity index (χ0) is 24.8. The second-order valence-electron chi connectivity index (χ2n) is 8.94. The van der Waals surface area contributed by atoms with E-state index in [1.165, 1.54) is 12.8 Å². The molecular formula is C28H30F4O3. The van der Waals surface area contributed by atoms with Crippen LogP contribution in [-0.4, -0.2) is 25.9 Å². The first-order chi connectivity index (χ1) is 17.0. The van der Waals surface area contributed by atoms with Crippen molar-refractivity contribution < 1.29 is 31.8 Å². The molecule has 1 saturated heterocycles.